The van der Waals surface area contributed by atoms with Crippen molar-refractivity contribution in [3.8, 4) is 0 Å². The van der Waals surface area contributed by atoms with E-state index >= 15 is 0 Å². The van der Waals surface area contributed by atoms with Crippen LogP contribution in [-0.4, -0.2) is 17.6 Å². The van der Waals surface area contributed by atoms with Gasteiger partial charge in [-0.05, 0) is 25.1 Å². The zero-order chi connectivity index (χ0) is 16.3. The Bertz CT molecular complexity index is 783. The van der Waals surface area contributed by atoms with Crippen molar-refractivity contribution in [3.05, 3.63) is 35.5 Å². The van der Waals surface area contributed by atoms with Crippen molar-refractivity contribution in [2.24, 2.45) is 5.11 Å². The van der Waals surface area contributed by atoms with Crippen molar-refractivity contribution in [1.82, 2.24) is 9.90 Å². The number of nitrogens with zero attached hydrogens (tertiary/aromatic N) is 3. The molecule has 0 spiro atoms. The van der Waals surface area contributed by atoms with Crippen LogP contribution < -0.4 is 4.91 Å². The van der Waals surface area contributed by atoms with Crippen LogP contribution in [-0.2, 0) is 10.9 Å². The van der Waals surface area contributed by atoms with Gasteiger partial charge in [0.1, 0.15) is 11.1 Å². The summed E-state index contributed by atoms with van der Waals surface area (Å²) in [5, 5.41) is 3.68. The second-order valence-corrected chi connectivity index (χ2v) is 4.17. The molecule has 9 heteroatoms. The van der Waals surface area contributed by atoms with Gasteiger partial charge >= 0.3 is 12.1 Å². The third kappa shape index (κ3) is 2.94. The molecule has 2 rings (SSSR count). The number of esters is 1. The molecule has 114 valence electrons. The smallest absolute Gasteiger partial charge is 0.416 e. The van der Waals surface area contributed by atoms with Crippen molar-refractivity contribution in [1.29, 1.82) is 5.53 Å². The Morgan fingerprint density at radius 1 is 1.45 bits per heavy atom. The molecule has 22 heavy (non-hydrogen) atoms. The van der Waals surface area contributed by atoms with Crippen LogP contribution in [0.5, 0.6) is 0 Å². The first kappa shape index (κ1) is 15.6. The minimum absolute atomic E-state index is 0.00901. The summed E-state index contributed by atoms with van der Waals surface area (Å²) in [6, 6.07) is 2.83. The van der Waals surface area contributed by atoms with Gasteiger partial charge in [0.15, 0.2) is 10.8 Å². The van der Waals surface area contributed by atoms with Gasteiger partial charge in [0.25, 0.3) is 0 Å². The average Bonchev–Trinajstić information content (AvgIpc) is 2.46. The van der Waals surface area contributed by atoms with E-state index in [4.69, 9.17) is 10.3 Å². The minimum Gasteiger partial charge on any atom is -0.462 e. The molecule has 0 saturated heterocycles. The van der Waals surface area contributed by atoms with E-state index in [2.05, 4.69) is 15.0 Å². The maximum Gasteiger partial charge on any atom is 0.416 e. The number of nitrogens with one attached hydrogen (secondary N) is 1. The van der Waals surface area contributed by atoms with Gasteiger partial charge in [-0.3, -0.25) is 4.98 Å². The van der Waals surface area contributed by atoms with Crippen molar-refractivity contribution >= 4 is 22.6 Å². The minimum atomic E-state index is -4.51. The van der Waals surface area contributed by atoms with Gasteiger partial charge in [0.05, 0.1) is 17.7 Å². The predicted octanol–water partition coefficient (Wildman–Crippen LogP) is 3.61. The van der Waals surface area contributed by atoms with Gasteiger partial charge in [-0.1, -0.05) is 0 Å². The fraction of sp³-hybridized carbons (Fsp3) is 0.231. The summed E-state index contributed by atoms with van der Waals surface area (Å²) in [6.07, 6.45) is -3.45. The molecule has 0 amide bonds. The Hall–Kier alpha value is -2.80. The van der Waals surface area contributed by atoms with Crippen LogP contribution in [0, 0.1) is 5.53 Å². The Balaban J connectivity index is 2.70. The topological polar surface area (TPSA) is 89.5 Å². The van der Waals surface area contributed by atoms with Gasteiger partial charge in [0, 0.05) is 11.6 Å². The van der Waals surface area contributed by atoms with Crippen molar-refractivity contribution in [3.63, 3.8) is 0 Å². The van der Waals surface area contributed by atoms with Gasteiger partial charge in [-0.25, -0.2) is 4.79 Å². The largest absolute Gasteiger partial charge is 0.462 e. The highest BCUT2D eigenvalue weighted by molar-refractivity contribution is 6.03. The average molecular weight is 311 g/mol. The number of hydrogen-bond acceptors (Lipinski definition) is 5. The SMILES string of the molecule is CCOC(=O)c1cnc2cc(C(F)(F)F)ccc2c1N=[N+]=N. The van der Waals surface area contributed by atoms with Crippen molar-refractivity contribution in [2.45, 2.75) is 13.1 Å². The van der Waals surface area contributed by atoms with Gasteiger partial charge in [-0.2, -0.15) is 13.2 Å². The molecular weight excluding hydrogens is 301 g/mol. The lowest BCUT2D eigenvalue weighted by molar-refractivity contribution is -0.137. The fourth-order valence-corrected chi connectivity index (χ4v) is 1.87. The third-order valence-corrected chi connectivity index (χ3v) is 2.81. The summed E-state index contributed by atoms with van der Waals surface area (Å²) >= 11 is 0. The number of pyridine rings is 1. The van der Waals surface area contributed by atoms with Crippen LogP contribution >= 0.6 is 0 Å². The number of carbonyl (C=O) groups excluding carboxylic acids is 1. The number of halogens is 3. The number of hydrogen-bond donors (Lipinski definition) is 1. The van der Waals surface area contributed by atoms with E-state index in [9.17, 15) is 18.0 Å². The second-order valence-electron chi connectivity index (χ2n) is 4.17. The molecule has 0 unspecified atom stereocenters. The maximum absolute atomic E-state index is 12.7. The lowest BCUT2D eigenvalue weighted by atomic mass is 10.1. The zero-order valence-corrected chi connectivity index (χ0v) is 11.3. The first-order valence-corrected chi connectivity index (χ1v) is 6.13. The van der Waals surface area contributed by atoms with Gasteiger partial charge in [-0.15, -0.1) is 0 Å². The van der Waals surface area contributed by atoms with Crippen LogP contribution in [0.15, 0.2) is 29.5 Å². The van der Waals surface area contributed by atoms with E-state index < -0.39 is 17.7 Å². The van der Waals surface area contributed by atoms with Gasteiger partial charge in [0.2, 0.25) is 4.91 Å². The highest BCUT2D eigenvalue weighted by Crippen LogP contribution is 2.34. The van der Waals surface area contributed by atoms with Crippen molar-refractivity contribution < 1.29 is 22.7 Å². The summed E-state index contributed by atoms with van der Waals surface area (Å²) in [7, 11) is 0. The molecule has 1 aromatic heterocycles. The summed E-state index contributed by atoms with van der Waals surface area (Å²) in [4.78, 5) is 18.5. The first-order valence-electron chi connectivity index (χ1n) is 6.13. The molecular formula is C13H10F3N4O2+. The Morgan fingerprint density at radius 2 is 2.18 bits per heavy atom. The molecule has 0 saturated carbocycles. The molecule has 0 aliphatic carbocycles. The maximum atomic E-state index is 12.7. The summed E-state index contributed by atoms with van der Waals surface area (Å²) < 4.78 is 42.9. The van der Waals surface area contributed by atoms with Crippen molar-refractivity contribution in [2.75, 3.05) is 6.61 Å². The molecule has 0 bridgehead atoms. The number of rotatable bonds is 3. The molecule has 0 fully saturated rings. The molecule has 0 atom stereocenters. The Kier molecular flexibility index (Phi) is 4.18. The number of alkyl halides is 3. The van der Waals surface area contributed by atoms with E-state index in [0.29, 0.717) is 0 Å². The summed E-state index contributed by atoms with van der Waals surface area (Å²) in [6.45, 7) is 1.72. The second kappa shape index (κ2) is 5.90. The van der Waals surface area contributed by atoms with E-state index in [-0.39, 0.29) is 28.8 Å². The van der Waals surface area contributed by atoms with E-state index in [1.54, 1.807) is 6.92 Å². The van der Waals surface area contributed by atoms with Crippen LogP contribution in [0.1, 0.15) is 22.8 Å². The van der Waals surface area contributed by atoms with E-state index in [0.717, 1.165) is 24.4 Å². The number of ether oxygens (including phenoxy) is 1. The lowest BCUT2D eigenvalue weighted by Gasteiger charge is -2.09. The number of fused-ring (bicyclic) bond motifs is 1. The Morgan fingerprint density at radius 3 is 2.77 bits per heavy atom. The van der Waals surface area contributed by atoms with E-state index in [1.165, 1.54) is 0 Å². The van der Waals surface area contributed by atoms with Crippen LogP contribution in [0.2, 0.25) is 0 Å². The molecule has 0 aliphatic rings. The zero-order valence-electron chi connectivity index (χ0n) is 11.3. The van der Waals surface area contributed by atoms with Crippen LogP contribution in [0.25, 0.3) is 10.9 Å². The lowest BCUT2D eigenvalue weighted by Crippen LogP contribution is -2.07. The number of carbonyl (C=O) groups is 1. The van der Waals surface area contributed by atoms with Crippen LogP contribution in [0.3, 0.4) is 0 Å². The number of benzene rings is 1. The molecule has 2 aromatic rings. The summed E-state index contributed by atoms with van der Waals surface area (Å²) in [5.41, 5.74) is 5.81. The highest BCUT2D eigenvalue weighted by atomic mass is 19.4. The first-order chi connectivity index (χ1) is 10.4. The molecule has 1 N–H and O–H groups in total. The molecule has 0 aliphatic heterocycles. The standard InChI is InChI=1S/C13H10F3N4O2/c1-2-22-12(21)9-6-18-10-5-7(13(14,15)16)3-4-8(10)11(9)19-20-17/h3-6,17H,2H2,1H3/q+1. The third-order valence-electron chi connectivity index (χ3n) is 2.81. The monoisotopic (exact) mass is 311 g/mol. The molecule has 1 aromatic carbocycles. The highest BCUT2D eigenvalue weighted by Gasteiger charge is 2.31. The molecule has 0 radical (unpaired) electrons. The summed E-state index contributed by atoms with van der Waals surface area (Å²) in [5.74, 6) is -0.737. The van der Waals surface area contributed by atoms with Crippen LogP contribution in [0.4, 0.5) is 18.9 Å². The number of aromatic nitrogens is 1. The quantitative estimate of drug-likeness (QED) is 0.533. The predicted molar refractivity (Wildman–Crippen MR) is 69.6 cm³/mol. The normalized spacial score (nSPS) is 11.1. The molecule has 6 nitrogen and oxygen atoms in total. The van der Waals surface area contributed by atoms with Gasteiger partial charge < -0.3 is 4.74 Å². The fourth-order valence-electron chi connectivity index (χ4n) is 1.87. The molecule has 1 heterocycles. The van der Waals surface area contributed by atoms with E-state index in [1.807, 2.05) is 0 Å². The Labute approximate surface area is 122 Å².